The molecule has 15 heavy (non-hydrogen) atoms. The van der Waals surface area contributed by atoms with E-state index in [4.69, 9.17) is 26.3 Å². The summed E-state index contributed by atoms with van der Waals surface area (Å²) in [6, 6.07) is 3.40. The number of halogens is 1. The van der Waals surface area contributed by atoms with Gasteiger partial charge in [-0.3, -0.25) is 4.55 Å². The molecule has 0 aliphatic rings. The lowest BCUT2D eigenvalue weighted by Crippen LogP contribution is -1.99. The molecule has 0 aliphatic heterocycles. The molecule has 1 rings (SSSR count). The number of ether oxygens (including phenoxy) is 1. The molecule has 0 radical (unpaired) electrons. The zero-order valence-corrected chi connectivity index (χ0v) is 8.86. The van der Waals surface area contributed by atoms with Gasteiger partial charge in [-0.1, -0.05) is 11.6 Å². The Morgan fingerprint density at radius 3 is 2.67 bits per heavy atom. The van der Waals surface area contributed by atoms with Gasteiger partial charge in [0.1, 0.15) is 5.75 Å². The molecule has 0 fully saturated rings. The Labute approximate surface area is 90.8 Å². The fourth-order valence-corrected chi connectivity index (χ4v) is 1.66. The van der Waals surface area contributed by atoms with Gasteiger partial charge in [-0.05, 0) is 18.2 Å². The van der Waals surface area contributed by atoms with E-state index in [1.165, 1.54) is 6.07 Å². The molecule has 0 bridgehead atoms. The minimum absolute atomic E-state index is 0.00576. The summed E-state index contributed by atoms with van der Waals surface area (Å²) in [6.45, 7) is -0.315. The third-order valence-corrected chi connectivity index (χ3v) is 2.62. The highest BCUT2D eigenvalue weighted by Crippen LogP contribution is 2.27. The molecule has 0 spiro atoms. The lowest BCUT2D eigenvalue weighted by Gasteiger charge is -2.02. The fraction of sp³-hybridized carbons (Fsp3) is 0.143. The standard InChI is InChI=1S/C7H5ClN2O4S/c8-6-3-5(15(11,12)13)1-2-7(6)14-4-10-9/h1-3H,4H2/p+1. The summed E-state index contributed by atoms with van der Waals surface area (Å²) in [4.78, 5) is 2.36. The van der Waals surface area contributed by atoms with Crippen LogP contribution in [-0.4, -0.2) is 19.7 Å². The van der Waals surface area contributed by atoms with Crippen LogP contribution in [0.1, 0.15) is 0 Å². The maximum absolute atomic E-state index is 10.7. The average molecular weight is 250 g/mol. The molecule has 1 N–H and O–H groups in total. The topological polar surface area (TPSA) is 91.8 Å². The summed E-state index contributed by atoms with van der Waals surface area (Å²) >= 11 is 5.65. The van der Waals surface area contributed by atoms with Gasteiger partial charge in [-0.25, -0.2) is 0 Å². The van der Waals surface area contributed by atoms with Crippen LogP contribution in [0, 0.1) is 5.39 Å². The van der Waals surface area contributed by atoms with Gasteiger partial charge in [0.15, 0.2) is 4.98 Å². The van der Waals surface area contributed by atoms with Gasteiger partial charge >= 0.3 is 6.73 Å². The van der Waals surface area contributed by atoms with E-state index in [0.717, 1.165) is 12.1 Å². The molecule has 80 valence electrons. The summed E-state index contributed by atoms with van der Waals surface area (Å²) in [5.41, 5.74) is 0. The van der Waals surface area contributed by atoms with Crippen LogP contribution < -0.4 is 4.74 Å². The van der Waals surface area contributed by atoms with Crippen LogP contribution in [0.2, 0.25) is 5.02 Å². The third-order valence-electron chi connectivity index (χ3n) is 1.48. The lowest BCUT2D eigenvalue weighted by atomic mass is 10.3. The van der Waals surface area contributed by atoms with Crippen molar-refractivity contribution < 1.29 is 17.7 Å². The first kappa shape index (κ1) is 11.7. The first-order valence-electron chi connectivity index (χ1n) is 3.66. The van der Waals surface area contributed by atoms with Crippen LogP contribution in [0.15, 0.2) is 23.1 Å². The SMILES string of the molecule is N#[N+]COc1ccc(S(=O)(=O)O)cc1Cl. The molecule has 0 aliphatic carbocycles. The van der Waals surface area contributed by atoms with Gasteiger partial charge < -0.3 is 4.74 Å². The van der Waals surface area contributed by atoms with Crippen molar-refractivity contribution in [2.45, 2.75) is 4.90 Å². The molecule has 6 nitrogen and oxygen atoms in total. The highest BCUT2D eigenvalue weighted by atomic mass is 35.5. The van der Waals surface area contributed by atoms with E-state index >= 15 is 0 Å². The summed E-state index contributed by atoms with van der Waals surface area (Å²) in [5.74, 6) is 0.155. The number of hydrogen-bond donors (Lipinski definition) is 1. The normalized spacial score (nSPS) is 10.7. The molecule has 1 aromatic rings. The van der Waals surface area contributed by atoms with Crippen LogP contribution in [-0.2, 0) is 10.1 Å². The molecule has 0 heterocycles. The van der Waals surface area contributed by atoms with Crippen LogP contribution in [0.4, 0.5) is 0 Å². The first-order chi connectivity index (χ1) is 6.95. The fourth-order valence-electron chi connectivity index (χ4n) is 0.857. The Morgan fingerprint density at radius 1 is 1.53 bits per heavy atom. The summed E-state index contributed by atoms with van der Waals surface area (Å²) in [7, 11) is -4.28. The van der Waals surface area contributed by atoms with Gasteiger partial charge in [0.05, 0.1) is 9.92 Å². The molecule has 0 saturated heterocycles. The smallest absolute Gasteiger partial charge is 0.419 e. The molecule has 0 amide bonds. The van der Waals surface area contributed by atoms with Crippen molar-refractivity contribution in [3.63, 3.8) is 0 Å². The zero-order valence-electron chi connectivity index (χ0n) is 7.29. The Bertz CT molecular complexity index is 508. The Balaban J connectivity index is 3.05. The lowest BCUT2D eigenvalue weighted by molar-refractivity contribution is 0.358. The maximum atomic E-state index is 10.7. The molecular weight excluding hydrogens is 244 g/mol. The number of rotatable bonds is 3. The van der Waals surface area contributed by atoms with Crippen molar-refractivity contribution in [3.05, 3.63) is 28.2 Å². The van der Waals surface area contributed by atoms with Crippen LogP contribution >= 0.6 is 11.6 Å². The van der Waals surface area contributed by atoms with Crippen LogP contribution in [0.3, 0.4) is 0 Å². The monoisotopic (exact) mass is 249 g/mol. The van der Waals surface area contributed by atoms with Crippen molar-refractivity contribution >= 4 is 21.7 Å². The molecule has 0 atom stereocenters. The van der Waals surface area contributed by atoms with E-state index in [0.29, 0.717) is 0 Å². The van der Waals surface area contributed by atoms with Crippen molar-refractivity contribution in [1.82, 2.24) is 0 Å². The van der Waals surface area contributed by atoms with Crippen molar-refractivity contribution in [2.75, 3.05) is 6.73 Å². The Kier molecular flexibility index (Phi) is 3.47. The van der Waals surface area contributed by atoms with E-state index in [2.05, 4.69) is 4.98 Å². The molecule has 0 unspecified atom stereocenters. The van der Waals surface area contributed by atoms with Crippen LogP contribution in [0.25, 0.3) is 4.98 Å². The number of hydrogen-bond acceptors (Lipinski definition) is 4. The predicted octanol–water partition coefficient (Wildman–Crippen LogP) is 1.78. The van der Waals surface area contributed by atoms with Crippen molar-refractivity contribution in [2.24, 2.45) is 0 Å². The summed E-state index contributed by atoms with van der Waals surface area (Å²) in [6.07, 6.45) is 0. The second-order valence-corrected chi connectivity index (χ2v) is 4.31. The largest absolute Gasteiger partial charge is 0.447 e. The van der Waals surface area contributed by atoms with Gasteiger partial charge in [0.2, 0.25) is 5.39 Å². The molecule has 8 heteroatoms. The predicted molar refractivity (Wildman–Crippen MR) is 51.8 cm³/mol. The first-order valence-corrected chi connectivity index (χ1v) is 5.47. The second-order valence-electron chi connectivity index (χ2n) is 2.48. The number of nitrogens with zero attached hydrogens (tertiary/aromatic N) is 2. The van der Waals surface area contributed by atoms with Crippen LogP contribution in [0.5, 0.6) is 5.75 Å². The number of benzene rings is 1. The van der Waals surface area contributed by atoms with Gasteiger partial charge in [-0.15, -0.1) is 0 Å². The number of diazo groups is 1. The minimum Gasteiger partial charge on any atom is -0.419 e. The highest BCUT2D eigenvalue weighted by Gasteiger charge is 2.13. The van der Waals surface area contributed by atoms with Gasteiger partial charge in [0.25, 0.3) is 10.1 Å². The van der Waals surface area contributed by atoms with Crippen molar-refractivity contribution in [3.8, 4) is 5.75 Å². The average Bonchev–Trinajstić information content (AvgIpc) is 2.14. The summed E-state index contributed by atoms with van der Waals surface area (Å²) in [5, 5.41) is 8.12. The van der Waals surface area contributed by atoms with E-state index in [9.17, 15) is 8.42 Å². The summed E-state index contributed by atoms with van der Waals surface area (Å²) < 4.78 is 34.9. The van der Waals surface area contributed by atoms with Gasteiger partial charge in [-0.2, -0.15) is 8.42 Å². The third kappa shape index (κ3) is 3.06. The van der Waals surface area contributed by atoms with E-state index in [1.807, 2.05) is 0 Å². The molecule has 0 aromatic heterocycles. The second kappa shape index (κ2) is 4.44. The quantitative estimate of drug-likeness (QED) is 0.651. The van der Waals surface area contributed by atoms with E-state index in [-0.39, 0.29) is 22.4 Å². The van der Waals surface area contributed by atoms with Gasteiger partial charge in [0, 0.05) is 0 Å². The van der Waals surface area contributed by atoms with Crippen molar-refractivity contribution in [1.29, 1.82) is 5.39 Å². The molecule has 1 aromatic carbocycles. The molecular formula is C7H6ClN2O4S+. The van der Waals surface area contributed by atoms with E-state index < -0.39 is 10.1 Å². The Hall–Kier alpha value is -1.36. The minimum atomic E-state index is -4.28. The highest BCUT2D eigenvalue weighted by molar-refractivity contribution is 7.85. The maximum Gasteiger partial charge on any atom is 0.447 e. The zero-order chi connectivity index (χ0) is 11.5. The van der Waals surface area contributed by atoms with E-state index in [1.54, 1.807) is 0 Å². The molecule has 0 saturated carbocycles. The Morgan fingerprint density at radius 2 is 2.20 bits per heavy atom.